The van der Waals surface area contributed by atoms with Gasteiger partial charge < -0.3 is 0 Å². The SMILES string of the molecule is CCCCCCC1(CCCCCC)c2ccccc2-c2ccc(-c3c(-c4ccccc4)c(-c4ccccc4)c(-c4ccccc4)c(-c4ccccc4)c3-c3ccccc3)cc21. The van der Waals surface area contributed by atoms with Crippen molar-refractivity contribution in [2.45, 2.75) is 83.5 Å². The van der Waals surface area contributed by atoms with Crippen LogP contribution in [-0.4, -0.2) is 0 Å². The van der Waals surface area contributed by atoms with Crippen LogP contribution in [0.25, 0.3) is 77.9 Å². The Balaban J connectivity index is 1.45. The van der Waals surface area contributed by atoms with Gasteiger partial charge in [-0.3, -0.25) is 0 Å². The maximum absolute atomic E-state index is 2.66. The minimum Gasteiger partial charge on any atom is -0.0654 e. The molecule has 61 heavy (non-hydrogen) atoms. The van der Waals surface area contributed by atoms with Gasteiger partial charge in [-0.05, 0) is 108 Å². The van der Waals surface area contributed by atoms with Crippen LogP contribution in [0.4, 0.5) is 0 Å². The van der Waals surface area contributed by atoms with Crippen LogP contribution < -0.4 is 0 Å². The molecule has 0 saturated heterocycles. The lowest BCUT2D eigenvalue weighted by molar-refractivity contribution is 0.401. The molecular weight excluding hydrogens is 733 g/mol. The van der Waals surface area contributed by atoms with Crippen molar-refractivity contribution in [3.8, 4) is 77.9 Å². The van der Waals surface area contributed by atoms with E-state index in [9.17, 15) is 0 Å². The number of rotatable bonds is 16. The van der Waals surface area contributed by atoms with Gasteiger partial charge in [0.1, 0.15) is 0 Å². The summed E-state index contributed by atoms with van der Waals surface area (Å²) in [5.41, 5.74) is 20.9. The van der Waals surface area contributed by atoms with Crippen molar-refractivity contribution in [2.24, 2.45) is 0 Å². The van der Waals surface area contributed by atoms with E-state index in [1.54, 1.807) is 0 Å². The molecule has 0 amide bonds. The summed E-state index contributed by atoms with van der Waals surface area (Å²) in [6, 6.07) is 72.9. The summed E-state index contributed by atoms with van der Waals surface area (Å²) in [5.74, 6) is 0. The Morgan fingerprint density at radius 2 is 0.607 bits per heavy atom. The predicted molar refractivity (Wildman–Crippen MR) is 263 cm³/mol. The molecule has 0 heteroatoms. The van der Waals surface area contributed by atoms with Gasteiger partial charge in [-0.2, -0.15) is 0 Å². The van der Waals surface area contributed by atoms with Gasteiger partial charge in [-0.15, -0.1) is 0 Å². The van der Waals surface area contributed by atoms with Crippen LogP contribution in [0.3, 0.4) is 0 Å². The molecule has 0 heterocycles. The lowest BCUT2D eigenvalue weighted by atomic mass is 9.69. The molecule has 0 spiro atoms. The van der Waals surface area contributed by atoms with Crippen molar-refractivity contribution < 1.29 is 0 Å². The summed E-state index contributed by atoms with van der Waals surface area (Å²) in [6.07, 6.45) is 12.5. The number of fused-ring (bicyclic) bond motifs is 3. The third-order valence-electron chi connectivity index (χ3n) is 13.3. The van der Waals surface area contributed by atoms with Crippen molar-refractivity contribution in [3.63, 3.8) is 0 Å². The molecule has 0 unspecified atom stereocenters. The molecule has 0 bridgehead atoms. The molecule has 0 atom stereocenters. The van der Waals surface area contributed by atoms with Gasteiger partial charge >= 0.3 is 0 Å². The first-order chi connectivity index (χ1) is 30.2. The molecule has 0 aromatic heterocycles. The largest absolute Gasteiger partial charge is 0.0654 e. The Hall–Kier alpha value is -6.24. The standard InChI is InChI=1S/C61H58/c1-3-5-7-26-42-61(43-27-8-6-4-2)53-39-25-24-38-51(53)52-41-40-50(44-54(52)61)60-58(48-34-20-12-21-35-48)56(46-30-16-10-17-31-46)55(45-28-14-9-15-29-45)57(47-32-18-11-19-33-47)59(60)49-36-22-13-23-37-49/h9-25,28-41,44H,3-8,26-27,42-43H2,1-2H3. The zero-order valence-electron chi connectivity index (χ0n) is 36.0. The van der Waals surface area contributed by atoms with Crippen LogP contribution in [0.5, 0.6) is 0 Å². The van der Waals surface area contributed by atoms with Crippen LogP contribution in [0.1, 0.15) is 89.2 Å². The van der Waals surface area contributed by atoms with Gasteiger partial charge in [0.15, 0.2) is 0 Å². The highest BCUT2D eigenvalue weighted by Gasteiger charge is 2.42. The maximum atomic E-state index is 2.66. The first kappa shape index (κ1) is 40.2. The van der Waals surface area contributed by atoms with E-state index in [2.05, 4.69) is 208 Å². The summed E-state index contributed by atoms with van der Waals surface area (Å²) in [5, 5.41) is 0. The zero-order chi connectivity index (χ0) is 41.4. The molecule has 0 aliphatic heterocycles. The summed E-state index contributed by atoms with van der Waals surface area (Å²) in [4.78, 5) is 0. The number of benzene rings is 8. The van der Waals surface area contributed by atoms with Crippen molar-refractivity contribution in [1.29, 1.82) is 0 Å². The summed E-state index contributed by atoms with van der Waals surface area (Å²) >= 11 is 0. The van der Waals surface area contributed by atoms with Gasteiger partial charge in [0.25, 0.3) is 0 Å². The molecule has 9 rings (SSSR count). The van der Waals surface area contributed by atoms with E-state index < -0.39 is 0 Å². The fourth-order valence-electron chi connectivity index (χ4n) is 10.5. The smallest absolute Gasteiger partial charge is 0.0215 e. The Morgan fingerprint density at radius 3 is 0.984 bits per heavy atom. The van der Waals surface area contributed by atoms with Crippen LogP contribution in [-0.2, 0) is 5.41 Å². The number of unbranched alkanes of at least 4 members (excludes halogenated alkanes) is 6. The Labute approximate surface area is 365 Å². The fourth-order valence-corrected chi connectivity index (χ4v) is 10.5. The third-order valence-corrected chi connectivity index (χ3v) is 13.3. The van der Waals surface area contributed by atoms with E-state index >= 15 is 0 Å². The minimum absolute atomic E-state index is 0.0300. The van der Waals surface area contributed by atoms with Gasteiger partial charge in [0, 0.05) is 5.41 Å². The molecule has 8 aromatic rings. The van der Waals surface area contributed by atoms with E-state index in [0.717, 1.165) is 0 Å². The minimum atomic E-state index is -0.0300. The first-order valence-electron chi connectivity index (χ1n) is 23.0. The maximum Gasteiger partial charge on any atom is 0.0215 e. The number of hydrogen-bond acceptors (Lipinski definition) is 0. The average molecular weight is 791 g/mol. The zero-order valence-corrected chi connectivity index (χ0v) is 36.0. The van der Waals surface area contributed by atoms with Gasteiger partial charge in [0.2, 0.25) is 0 Å². The summed E-state index contributed by atoms with van der Waals surface area (Å²) < 4.78 is 0. The highest BCUT2D eigenvalue weighted by atomic mass is 14.5. The van der Waals surface area contributed by atoms with Crippen LogP contribution in [0, 0.1) is 0 Å². The van der Waals surface area contributed by atoms with E-state index in [4.69, 9.17) is 0 Å². The Bertz CT molecular complexity index is 2560. The topological polar surface area (TPSA) is 0 Å². The quantitative estimate of drug-likeness (QED) is 0.0855. The predicted octanol–water partition coefficient (Wildman–Crippen LogP) is 17.9. The molecule has 1 aliphatic carbocycles. The second-order valence-electron chi connectivity index (χ2n) is 17.1. The van der Waals surface area contributed by atoms with Crippen LogP contribution in [0.2, 0.25) is 0 Å². The summed E-state index contributed by atoms with van der Waals surface area (Å²) in [6.45, 7) is 4.66. The Morgan fingerprint density at radius 1 is 0.279 bits per heavy atom. The lowest BCUT2D eigenvalue weighted by Gasteiger charge is -2.34. The van der Waals surface area contributed by atoms with Gasteiger partial charge in [0.05, 0.1) is 0 Å². The third kappa shape index (κ3) is 7.81. The fraction of sp³-hybridized carbons (Fsp3) is 0.213. The van der Waals surface area contributed by atoms with Gasteiger partial charge in [-0.25, -0.2) is 0 Å². The van der Waals surface area contributed by atoms with E-state index in [-0.39, 0.29) is 5.41 Å². The first-order valence-corrected chi connectivity index (χ1v) is 23.0. The molecule has 0 N–H and O–H groups in total. The molecule has 0 fully saturated rings. The molecule has 0 saturated carbocycles. The lowest BCUT2D eigenvalue weighted by Crippen LogP contribution is -2.25. The highest BCUT2D eigenvalue weighted by molar-refractivity contribution is 6.15. The molecule has 302 valence electrons. The van der Waals surface area contributed by atoms with Gasteiger partial charge in [-0.1, -0.05) is 253 Å². The van der Waals surface area contributed by atoms with Crippen molar-refractivity contribution >= 4 is 0 Å². The molecular formula is C61H58. The van der Waals surface area contributed by atoms with Crippen LogP contribution >= 0.6 is 0 Å². The molecule has 1 aliphatic rings. The average Bonchev–Trinajstić information content (AvgIpc) is 3.60. The van der Waals surface area contributed by atoms with Crippen molar-refractivity contribution in [3.05, 3.63) is 205 Å². The van der Waals surface area contributed by atoms with E-state index in [1.165, 1.54) is 153 Å². The molecule has 0 nitrogen and oxygen atoms in total. The van der Waals surface area contributed by atoms with E-state index in [0.29, 0.717) is 0 Å². The van der Waals surface area contributed by atoms with Crippen molar-refractivity contribution in [1.82, 2.24) is 0 Å². The molecule has 0 radical (unpaired) electrons. The Kier molecular flexibility index (Phi) is 12.2. The second kappa shape index (κ2) is 18.6. The second-order valence-corrected chi connectivity index (χ2v) is 17.1. The van der Waals surface area contributed by atoms with Crippen molar-refractivity contribution in [2.75, 3.05) is 0 Å². The highest BCUT2D eigenvalue weighted by Crippen LogP contribution is 2.59. The normalized spacial score (nSPS) is 12.6. The number of hydrogen-bond donors (Lipinski definition) is 0. The summed E-state index contributed by atoms with van der Waals surface area (Å²) in [7, 11) is 0. The molecule has 8 aromatic carbocycles. The van der Waals surface area contributed by atoms with Crippen LogP contribution in [0.15, 0.2) is 194 Å². The van der Waals surface area contributed by atoms with E-state index in [1.807, 2.05) is 0 Å². The monoisotopic (exact) mass is 790 g/mol.